The van der Waals surface area contributed by atoms with Gasteiger partial charge >= 0.3 is 6.03 Å². The van der Waals surface area contributed by atoms with Gasteiger partial charge in [-0.25, -0.2) is 4.79 Å². The zero-order valence-corrected chi connectivity index (χ0v) is 18.8. The second-order valence-corrected chi connectivity index (χ2v) is 9.08. The number of nitrogens with one attached hydrogen (secondary N) is 3. The van der Waals surface area contributed by atoms with Gasteiger partial charge in [-0.15, -0.1) is 10.2 Å². The lowest BCUT2D eigenvalue weighted by Crippen LogP contribution is -2.41. The number of aromatic nitrogens is 2. The van der Waals surface area contributed by atoms with E-state index in [1.54, 1.807) is 0 Å². The van der Waals surface area contributed by atoms with Crippen LogP contribution in [0.4, 0.5) is 15.6 Å². The summed E-state index contributed by atoms with van der Waals surface area (Å²) in [5.41, 5.74) is 0.840. The number of rotatable bonds is 9. The summed E-state index contributed by atoms with van der Waals surface area (Å²) in [5.74, 6) is 1.51. The first-order valence-corrected chi connectivity index (χ1v) is 11.4. The number of carbonyl (C=O) groups is 2. The number of benzene rings is 2. The van der Waals surface area contributed by atoms with Gasteiger partial charge in [0.15, 0.2) is 4.34 Å². The highest BCUT2D eigenvalue weighted by Gasteiger charge is 2.11. The highest BCUT2D eigenvalue weighted by molar-refractivity contribution is 8.01. The Labute approximate surface area is 188 Å². The van der Waals surface area contributed by atoms with E-state index in [-0.39, 0.29) is 11.7 Å². The fourth-order valence-corrected chi connectivity index (χ4v) is 3.88. The second kappa shape index (κ2) is 11.3. The van der Waals surface area contributed by atoms with Crippen LogP contribution in [0.2, 0.25) is 0 Å². The van der Waals surface area contributed by atoms with Gasteiger partial charge < -0.3 is 15.4 Å². The molecule has 3 amide bonds. The summed E-state index contributed by atoms with van der Waals surface area (Å²) < 4.78 is 6.40. The van der Waals surface area contributed by atoms with Gasteiger partial charge in [0.2, 0.25) is 11.0 Å². The Morgan fingerprint density at radius 1 is 1.03 bits per heavy atom. The molecule has 0 saturated heterocycles. The first-order chi connectivity index (χ1) is 15.0. The third-order valence-electron chi connectivity index (χ3n) is 3.74. The Hall–Kier alpha value is -3.11. The van der Waals surface area contributed by atoms with Crippen LogP contribution in [-0.4, -0.2) is 34.4 Å². The van der Waals surface area contributed by atoms with E-state index in [1.165, 1.54) is 23.1 Å². The molecule has 3 rings (SSSR count). The topological polar surface area (TPSA) is 105 Å². The number of nitrogens with zero attached hydrogens (tertiary/aromatic N) is 2. The van der Waals surface area contributed by atoms with Crippen molar-refractivity contribution < 1.29 is 14.3 Å². The van der Waals surface area contributed by atoms with Crippen LogP contribution in [0, 0.1) is 5.92 Å². The van der Waals surface area contributed by atoms with E-state index in [4.69, 9.17) is 4.74 Å². The number of amides is 3. The fraction of sp³-hybridized carbons (Fsp3) is 0.238. The van der Waals surface area contributed by atoms with Gasteiger partial charge in [0.25, 0.3) is 0 Å². The first-order valence-electron chi connectivity index (χ1n) is 9.62. The molecule has 0 radical (unpaired) electrons. The number of hydrogen-bond donors (Lipinski definition) is 3. The lowest BCUT2D eigenvalue weighted by molar-refractivity contribution is -0.117. The highest BCUT2D eigenvalue weighted by Crippen LogP contribution is 2.29. The van der Waals surface area contributed by atoms with E-state index in [1.807, 2.05) is 68.4 Å². The Morgan fingerprint density at radius 2 is 1.74 bits per heavy atom. The minimum absolute atomic E-state index is 0.0786. The van der Waals surface area contributed by atoms with Gasteiger partial charge in [-0.3, -0.25) is 10.1 Å². The maximum absolute atomic E-state index is 11.9. The number of thioether (sulfide) groups is 1. The molecule has 0 atom stereocenters. The molecule has 3 aromatic rings. The predicted octanol–water partition coefficient (Wildman–Crippen LogP) is 4.65. The van der Waals surface area contributed by atoms with Gasteiger partial charge in [-0.2, -0.15) is 0 Å². The molecule has 0 spiro atoms. The Morgan fingerprint density at radius 3 is 2.45 bits per heavy atom. The van der Waals surface area contributed by atoms with Crippen molar-refractivity contribution in [2.75, 3.05) is 17.6 Å². The van der Waals surface area contributed by atoms with Crippen molar-refractivity contribution in [3.63, 3.8) is 0 Å². The van der Waals surface area contributed by atoms with Crippen molar-refractivity contribution >= 4 is 45.9 Å². The summed E-state index contributed by atoms with van der Waals surface area (Å²) >= 11 is 2.55. The van der Waals surface area contributed by atoms with Crippen LogP contribution in [0.3, 0.4) is 0 Å². The number of urea groups is 1. The standard InChI is InChI=1S/C21H23N5O3S2/c1-14(2)12-22-19(28)24-18(27)13-30-21-26-25-20(31-21)23-15-8-10-17(11-9-15)29-16-6-4-3-5-7-16/h3-11,14H,12-13H2,1-2H3,(H,23,25)(H2,22,24,27,28). The number of anilines is 2. The molecule has 0 aliphatic rings. The Balaban J connectivity index is 1.44. The largest absolute Gasteiger partial charge is 0.457 e. The quantitative estimate of drug-likeness (QED) is 0.402. The molecule has 10 heteroatoms. The average molecular weight is 458 g/mol. The lowest BCUT2D eigenvalue weighted by Gasteiger charge is -2.07. The van der Waals surface area contributed by atoms with Crippen LogP contribution in [0.15, 0.2) is 58.9 Å². The van der Waals surface area contributed by atoms with Gasteiger partial charge in [0.05, 0.1) is 5.75 Å². The van der Waals surface area contributed by atoms with Crippen molar-refractivity contribution in [1.82, 2.24) is 20.8 Å². The average Bonchev–Trinajstić information content (AvgIpc) is 3.20. The fourth-order valence-electron chi connectivity index (χ4n) is 2.30. The molecular weight excluding hydrogens is 434 g/mol. The molecule has 0 fully saturated rings. The molecular formula is C21H23N5O3S2. The summed E-state index contributed by atoms with van der Waals surface area (Å²) in [6.07, 6.45) is 0. The Bertz CT molecular complexity index is 994. The number of ether oxygens (including phenoxy) is 1. The van der Waals surface area contributed by atoms with E-state index in [0.717, 1.165) is 17.2 Å². The number of hydrogen-bond acceptors (Lipinski definition) is 8. The maximum Gasteiger partial charge on any atom is 0.321 e. The molecule has 0 saturated carbocycles. The summed E-state index contributed by atoms with van der Waals surface area (Å²) in [7, 11) is 0. The van der Waals surface area contributed by atoms with Crippen LogP contribution >= 0.6 is 23.1 Å². The summed E-state index contributed by atoms with van der Waals surface area (Å²) in [6, 6.07) is 16.6. The minimum atomic E-state index is -0.487. The summed E-state index contributed by atoms with van der Waals surface area (Å²) in [6.45, 7) is 4.47. The van der Waals surface area contributed by atoms with E-state index >= 15 is 0 Å². The van der Waals surface area contributed by atoms with Crippen LogP contribution in [0.25, 0.3) is 0 Å². The van der Waals surface area contributed by atoms with Crippen molar-refractivity contribution in [3.05, 3.63) is 54.6 Å². The molecule has 1 aromatic heterocycles. The van der Waals surface area contributed by atoms with Crippen LogP contribution in [0.1, 0.15) is 13.8 Å². The normalized spacial score (nSPS) is 10.5. The summed E-state index contributed by atoms with van der Waals surface area (Å²) in [4.78, 5) is 23.5. The smallest absolute Gasteiger partial charge is 0.321 e. The van der Waals surface area contributed by atoms with Gasteiger partial charge in [-0.1, -0.05) is 55.1 Å². The third-order valence-corrected chi connectivity index (χ3v) is 5.71. The van der Waals surface area contributed by atoms with Crippen LogP contribution in [-0.2, 0) is 4.79 Å². The molecule has 0 bridgehead atoms. The summed E-state index contributed by atoms with van der Waals surface area (Å²) in [5, 5.41) is 16.9. The zero-order valence-electron chi connectivity index (χ0n) is 17.1. The van der Waals surface area contributed by atoms with Crippen molar-refractivity contribution in [2.24, 2.45) is 5.92 Å². The molecule has 31 heavy (non-hydrogen) atoms. The number of para-hydroxylation sites is 1. The van der Waals surface area contributed by atoms with Gasteiger partial charge in [0, 0.05) is 12.2 Å². The molecule has 0 unspecified atom stereocenters. The SMILES string of the molecule is CC(C)CNC(=O)NC(=O)CSc1nnc(Nc2ccc(Oc3ccccc3)cc2)s1. The highest BCUT2D eigenvalue weighted by atomic mass is 32.2. The lowest BCUT2D eigenvalue weighted by atomic mass is 10.2. The second-order valence-electron chi connectivity index (χ2n) is 6.88. The van der Waals surface area contributed by atoms with Crippen molar-refractivity contribution in [1.29, 1.82) is 0 Å². The molecule has 0 aliphatic carbocycles. The molecule has 8 nitrogen and oxygen atoms in total. The van der Waals surface area contributed by atoms with E-state index in [9.17, 15) is 9.59 Å². The number of carbonyl (C=O) groups excluding carboxylic acids is 2. The van der Waals surface area contributed by atoms with E-state index < -0.39 is 6.03 Å². The predicted molar refractivity (Wildman–Crippen MR) is 123 cm³/mol. The van der Waals surface area contributed by atoms with Gasteiger partial charge in [-0.05, 0) is 42.3 Å². The van der Waals surface area contributed by atoms with Gasteiger partial charge in [0.1, 0.15) is 11.5 Å². The minimum Gasteiger partial charge on any atom is -0.457 e. The monoisotopic (exact) mass is 457 g/mol. The van der Waals surface area contributed by atoms with E-state index in [0.29, 0.717) is 21.9 Å². The molecule has 1 heterocycles. The molecule has 3 N–H and O–H groups in total. The maximum atomic E-state index is 11.9. The first kappa shape index (κ1) is 22.6. The molecule has 2 aromatic carbocycles. The number of imide groups is 1. The molecule has 162 valence electrons. The van der Waals surface area contributed by atoms with Crippen molar-refractivity contribution in [3.8, 4) is 11.5 Å². The van der Waals surface area contributed by atoms with Crippen LogP contribution in [0.5, 0.6) is 11.5 Å². The van der Waals surface area contributed by atoms with Crippen molar-refractivity contribution in [2.45, 2.75) is 18.2 Å². The zero-order chi connectivity index (χ0) is 22.1. The van der Waals surface area contributed by atoms with E-state index in [2.05, 4.69) is 26.1 Å². The Kier molecular flexibility index (Phi) is 8.25. The van der Waals surface area contributed by atoms with Crippen LogP contribution < -0.4 is 20.7 Å². The molecule has 0 aliphatic heterocycles. The third kappa shape index (κ3) is 7.91.